The van der Waals surface area contributed by atoms with E-state index in [0.717, 1.165) is 19.4 Å². The van der Waals surface area contributed by atoms with E-state index in [1.54, 1.807) is 0 Å². The molecule has 0 aromatic rings. The highest BCUT2D eigenvalue weighted by Crippen LogP contribution is 2.13. The molecule has 1 aliphatic rings. The number of amides is 2. The molecule has 6 nitrogen and oxygen atoms in total. The molecule has 0 bridgehead atoms. The van der Waals surface area contributed by atoms with E-state index in [-0.39, 0.29) is 12.5 Å². The monoisotopic (exact) mass is 272 g/mol. The summed E-state index contributed by atoms with van der Waals surface area (Å²) in [6.45, 7) is 5.74. The number of aliphatic carboxylic acids is 1. The van der Waals surface area contributed by atoms with Crippen molar-refractivity contribution in [2.75, 3.05) is 19.8 Å². The van der Waals surface area contributed by atoms with Crippen molar-refractivity contribution < 1.29 is 19.4 Å². The predicted molar refractivity (Wildman–Crippen MR) is 71.0 cm³/mol. The van der Waals surface area contributed by atoms with Gasteiger partial charge in [0.05, 0.1) is 6.61 Å². The number of rotatable bonds is 6. The van der Waals surface area contributed by atoms with Crippen LogP contribution in [-0.2, 0) is 9.53 Å². The Morgan fingerprint density at radius 3 is 2.74 bits per heavy atom. The van der Waals surface area contributed by atoms with Gasteiger partial charge in [0.1, 0.15) is 0 Å². The van der Waals surface area contributed by atoms with Crippen molar-refractivity contribution >= 4 is 12.0 Å². The molecule has 0 aliphatic carbocycles. The summed E-state index contributed by atoms with van der Waals surface area (Å²) >= 11 is 0. The van der Waals surface area contributed by atoms with Gasteiger partial charge in [-0.2, -0.15) is 0 Å². The van der Waals surface area contributed by atoms with Crippen LogP contribution >= 0.6 is 0 Å². The fourth-order valence-electron chi connectivity index (χ4n) is 2.04. The minimum absolute atomic E-state index is 0.0454. The molecule has 1 atom stereocenters. The van der Waals surface area contributed by atoms with E-state index in [1.165, 1.54) is 0 Å². The summed E-state index contributed by atoms with van der Waals surface area (Å²) in [5.74, 6) is -0.476. The van der Waals surface area contributed by atoms with E-state index in [0.29, 0.717) is 25.5 Å². The molecular weight excluding hydrogens is 248 g/mol. The van der Waals surface area contributed by atoms with E-state index in [2.05, 4.69) is 10.6 Å². The van der Waals surface area contributed by atoms with Gasteiger partial charge in [0.2, 0.25) is 0 Å². The number of urea groups is 1. The molecular formula is C13H24N2O4. The van der Waals surface area contributed by atoms with Crippen LogP contribution in [0.1, 0.15) is 39.5 Å². The van der Waals surface area contributed by atoms with Crippen molar-refractivity contribution in [2.45, 2.75) is 45.1 Å². The van der Waals surface area contributed by atoms with Crippen molar-refractivity contribution in [3.8, 4) is 0 Å². The molecule has 1 rings (SSSR count). The normalized spacial score (nSPS) is 19.8. The number of hydrogen-bond donors (Lipinski definition) is 3. The number of ether oxygens (including phenoxy) is 1. The minimum atomic E-state index is -0.852. The zero-order valence-electron chi connectivity index (χ0n) is 11.7. The van der Waals surface area contributed by atoms with Gasteiger partial charge in [-0.25, -0.2) is 4.79 Å². The van der Waals surface area contributed by atoms with Crippen molar-refractivity contribution in [1.29, 1.82) is 0 Å². The highest BCUT2D eigenvalue weighted by Gasteiger charge is 2.22. The lowest BCUT2D eigenvalue weighted by Gasteiger charge is -2.27. The predicted octanol–water partition coefficient (Wildman–Crippen LogP) is 1.36. The maximum absolute atomic E-state index is 11.7. The van der Waals surface area contributed by atoms with Gasteiger partial charge >= 0.3 is 12.0 Å². The third-order valence-electron chi connectivity index (χ3n) is 3.22. The summed E-state index contributed by atoms with van der Waals surface area (Å²) in [6.07, 6.45) is 2.56. The first-order valence-corrected chi connectivity index (χ1v) is 6.74. The zero-order chi connectivity index (χ0) is 14.3. The first kappa shape index (κ1) is 15.8. The molecule has 1 saturated heterocycles. The van der Waals surface area contributed by atoms with Gasteiger partial charge in [0, 0.05) is 25.1 Å². The SMILES string of the molecule is CC(C)(CCC(=O)O)NC(=O)NCC1CCCOC1. The summed E-state index contributed by atoms with van der Waals surface area (Å²) < 4.78 is 5.34. The highest BCUT2D eigenvalue weighted by atomic mass is 16.5. The lowest BCUT2D eigenvalue weighted by atomic mass is 9.98. The van der Waals surface area contributed by atoms with Crippen LogP contribution in [0.25, 0.3) is 0 Å². The van der Waals surface area contributed by atoms with Crippen LogP contribution in [0, 0.1) is 5.92 Å². The van der Waals surface area contributed by atoms with Gasteiger partial charge in [0.25, 0.3) is 0 Å². The Balaban J connectivity index is 2.23. The molecule has 2 amide bonds. The van der Waals surface area contributed by atoms with E-state index in [1.807, 2.05) is 13.8 Å². The van der Waals surface area contributed by atoms with Crippen molar-refractivity contribution in [2.24, 2.45) is 5.92 Å². The average molecular weight is 272 g/mol. The number of carboxylic acid groups (broad SMARTS) is 1. The van der Waals surface area contributed by atoms with E-state index in [9.17, 15) is 9.59 Å². The quantitative estimate of drug-likeness (QED) is 0.681. The van der Waals surface area contributed by atoms with Gasteiger partial charge in [-0.1, -0.05) is 0 Å². The largest absolute Gasteiger partial charge is 0.481 e. The van der Waals surface area contributed by atoms with Crippen molar-refractivity contribution in [3.05, 3.63) is 0 Å². The van der Waals surface area contributed by atoms with E-state index < -0.39 is 11.5 Å². The number of carboxylic acids is 1. The second kappa shape index (κ2) is 7.33. The van der Waals surface area contributed by atoms with E-state index >= 15 is 0 Å². The van der Waals surface area contributed by atoms with Gasteiger partial charge in [0.15, 0.2) is 0 Å². The molecule has 0 spiro atoms. The molecule has 0 aromatic heterocycles. The second-order valence-corrected chi connectivity index (χ2v) is 5.70. The Bertz CT molecular complexity index is 312. The Labute approximate surface area is 113 Å². The van der Waals surface area contributed by atoms with Crippen LogP contribution < -0.4 is 10.6 Å². The molecule has 110 valence electrons. The summed E-state index contributed by atoms with van der Waals surface area (Å²) in [5.41, 5.74) is -0.522. The lowest BCUT2D eigenvalue weighted by molar-refractivity contribution is -0.137. The minimum Gasteiger partial charge on any atom is -0.481 e. The van der Waals surface area contributed by atoms with E-state index in [4.69, 9.17) is 9.84 Å². The van der Waals surface area contributed by atoms with Crippen LogP contribution in [-0.4, -0.2) is 42.4 Å². The second-order valence-electron chi connectivity index (χ2n) is 5.70. The summed E-state index contributed by atoms with van der Waals surface area (Å²) in [4.78, 5) is 22.3. The topological polar surface area (TPSA) is 87.7 Å². The van der Waals surface area contributed by atoms with Crippen LogP contribution in [0.4, 0.5) is 4.79 Å². The smallest absolute Gasteiger partial charge is 0.315 e. The molecule has 1 heterocycles. The third kappa shape index (κ3) is 7.00. The number of hydrogen-bond acceptors (Lipinski definition) is 3. The molecule has 1 aliphatic heterocycles. The molecule has 1 fully saturated rings. The maximum Gasteiger partial charge on any atom is 0.315 e. The molecule has 19 heavy (non-hydrogen) atoms. The third-order valence-corrected chi connectivity index (χ3v) is 3.22. The fraction of sp³-hybridized carbons (Fsp3) is 0.846. The zero-order valence-corrected chi connectivity index (χ0v) is 11.7. The van der Waals surface area contributed by atoms with Crippen molar-refractivity contribution in [1.82, 2.24) is 10.6 Å². The number of nitrogens with one attached hydrogen (secondary N) is 2. The Kier molecular flexibility index (Phi) is 6.08. The summed E-state index contributed by atoms with van der Waals surface area (Å²) in [6, 6.07) is -0.249. The molecule has 0 aromatic carbocycles. The highest BCUT2D eigenvalue weighted by molar-refractivity contribution is 5.74. The molecule has 0 saturated carbocycles. The first-order chi connectivity index (χ1) is 8.89. The van der Waals surface area contributed by atoms with Gasteiger partial charge in [-0.3, -0.25) is 4.79 Å². The lowest BCUT2D eigenvalue weighted by Crippen LogP contribution is -2.49. The average Bonchev–Trinajstić information content (AvgIpc) is 2.35. The number of carbonyl (C=O) groups is 2. The van der Waals surface area contributed by atoms with Gasteiger partial charge in [-0.05, 0) is 39.0 Å². The Hall–Kier alpha value is -1.30. The standard InChI is InChI=1S/C13H24N2O4/c1-13(2,6-5-11(16)17)15-12(18)14-8-10-4-3-7-19-9-10/h10H,3-9H2,1-2H3,(H,16,17)(H2,14,15,18). The van der Waals surface area contributed by atoms with Crippen molar-refractivity contribution in [3.63, 3.8) is 0 Å². The van der Waals surface area contributed by atoms with Crippen LogP contribution in [0.3, 0.4) is 0 Å². The number of carbonyl (C=O) groups excluding carboxylic acids is 1. The Morgan fingerprint density at radius 2 is 2.16 bits per heavy atom. The molecule has 1 unspecified atom stereocenters. The summed E-state index contributed by atoms with van der Waals surface area (Å²) in [5, 5.41) is 14.3. The Morgan fingerprint density at radius 1 is 1.42 bits per heavy atom. The molecule has 6 heteroatoms. The van der Waals surface area contributed by atoms with Crippen LogP contribution in [0.2, 0.25) is 0 Å². The molecule has 3 N–H and O–H groups in total. The van der Waals surface area contributed by atoms with Crippen LogP contribution in [0.5, 0.6) is 0 Å². The first-order valence-electron chi connectivity index (χ1n) is 6.74. The van der Waals surface area contributed by atoms with Gasteiger partial charge in [-0.15, -0.1) is 0 Å². The summed E-state index contributed by atoms with van der Waals surface area (Å²) in [7, 11) is 0. The van der Waals surface area contributed by atoms with Gasteiger partial charge < -0.3 is 20.5 Å². The molecule has 0 radical (unpaired) electrons. The van der Waals surface area contributed by atoms with Crippen LogP contribution in [0.15, 0.2) is 0 Å². The fourth-order valence-corrected chi connectivity index (χ4v) is 2.04. The maximum atomic E-state index is 11.7.